The second-order valence-corrected chi connectivity index (χ2v) is 9.35. The number of Topliss-reactive ketones (excluding diaryl/α,β-unsaturated/α-hetero) is 1. The van der Waals surface area contributed by atoms with Crippen LogP contribution < -0.4 is 0 Å². The number of benzene rings is 1. The van der Waals surface area contributed by atoms with Gasteiger partial charge in [0.25, 0.3) is 0 Å². The van der Waals surface area contributed by atoms with Gasteiger partial charge in [-0.25, -0.2) is 4.98 Å². The van der Waals surface area contributed by atoms with Crippen molar-refractivity contribution in [2.24, 2.45) is 0 Å². The Labute approximate surface area is 205 Å². The standard InChI is InChI=1S/C25H18ClN3O2S2/c26-19-5-2-1-4-18(19)23-21(30)14-25(29(32)24(23)31,17-10-13-33-15-17)22-7-3-6-20(28-22)16-8-11-27-12-9-16/h1-13,15,23,32H,14H2. The molecule has 8 heteroatoms. The Bertz CT molecular complexity index is 1330. The maximum atomic E-state index is 13.7. The molecule has 5 rings (SSSR count). The molecule has 0 aliphatic carbocycles. The van der Waals surface area contributed by atoms with E-state index in [4.69, 9.17) is 16.6 Å². The van der Waals surface area contributed by atoms with E-state index in [1.807, 2.05) is 47.2 Å². The molecule has 0 N–H and O–H groups in total. The van der Waals surface area contributed by atoms with E-state index < -0.39 is 17.4 Å². The molecule has 1 aliphatic rings. The summed E-state index contributed by atoms with van der Waals surface area (Å²) in [5, 5.41) is 4.23. The van der Waals surface area contributed by atoms with Crippen molar-refractivity contribution in [1.82, 2.24) is 14.3 Å². The van der Waals surface area contributed by atoms with Crippen molar-refractivity contribution in [3.63, 3.8) is 0 Å². The molecule has 164 valence electrons. The lowest BCUT2D eigenvalue weighted by molar-refractivity contribution is -0.142. The average molecular weight is 492 g/mol. The smallest absolute Gasteiger partial charge is 0.248 e. The highest BCUT2D eigenvalue weighted by Gasteiger charge is 2.53. The zero-order chi connectivity index (χ0) is 23.0. The number of hydrogen-bond donors (Lipinski definition) is 1. The Morgan fingerprint density at radius 3 is 2.55 bits per heavy atom. The van der Waals surface area contributed by atoms with Crippen LogP contribution in [0.1, 0.15) is 29.2 Å². The first-order chi connectivity index (χ1) is 16.0. The molecule has 5 nitrogen and oxygen atoms in total. The van der Waals surface area contributed by atoms with Crippen molar-refractivity contribution in [3.05, 3.63) is 106 Å². The van der Waals surface area contributed by atoms with Gasteiger partial charge in [-0.1, -0.05) is 48.7 Å². The SMILES string of the molecule is O=C1CC(c2ccsc2)(c2cccc(-c3ccncc3)n2)N(S)C(=O)C1c1ccccc1Cl. The second kappa shape index (κ2) is 8.74. The highest BCUT2D eigenvalue weighted by atomic mass is 35.5. The predicted molar refractivity (Wildman–Crippen MR) is 132 cm³/mol. The number of piperidine rings is 1. The molecule has 3 aromatic heterocycles. The van der Waals surface area contributed by atoms with Crippen LogP contribution in [-0.4, -0.2) is 26.0 Å². The number of amides is 1. The summed E-state index contributed by atoms with van der Waals surface area (Å²) < 4.78 is 1.36. The molecule has 1 amide bonds. The number of ketones is 1. The number of nitrogens with zero attached hydrogens (tertiary/aromatic N) is 3. The van der Waals surface area contributed by atoms with E-state index in [2.05, 4.69) is 17.8 Å². The zero-order valence-corrected chi connectivity index (χ0v) is 19.7. The van der Waals surface area contributed by atoms with Gasteiger partial charge in [0.05, 0.1) is 11.4 Å². The largest absolute Gasteiger partial charge is 0.298 e. The van der Waals surface area contributed by atoms with Crippen molar-refractivity contribution in [1.29, 1.82) is 0 Å². The number of rotatable bonds is 4. The molecule has 1 fully saturated rings. The van der Waals surface area contributed by atoms with E-state index in [1.165, 1.54) is 15.6 Å². The molecular formula is C25H18ClN3O2S2. The van der Waals surface area contributed by atoms with E-state index >= 15 is 0 Å². The first kappa shape index (κ1) is 21.8. The molecule has 4 aromatic rings. The van der Waals surface area contributed by atoms with Crippen LogP contribution in [0.4, 0.5) is 0 Å². The van der Waals surface area contributed by atoms with Gasteiger partial charge in [0.2, 0.25) is 5.91 Å². The summed E-state index contributed by atoms with van der Waals surface area (Å²) in [5.74, 6) is -1.66. The fourth-order valence-electron chi connectivity index (χ4n) is 4.31. The summed E-state index contributed by atoms with van der Waals surface area (Å²) in [4.78, 5) is 36.2. The van der Waals surface area contributed by atoms with Gasteiger partial charge in [-0.05, 0) is 58.3 Å². The predicted octanol–water partition coefficient (Wildman–Crippen LogP) is 5.53. The Kier molecular flexibility index (Phi) is 5.78. The minimum Gasteiger partial charge on any atom is -0.298 e. The van der Waals surface area contributed by atoms with Gasteiger partial charge in [0.1, 0.15) is 11.5 Å². The van der Waals surface area contributed by atoms with Crippen LogP contribution in [0.2, 0.25) is 5.02 Å². The van der Waals surface area contributed by atoms with Crippen LogP contribution in [0.25, 0.3) is 11.3 Å². The van der Waals surface area contributed by atoms with Crippen LogP contribution in [0.5, 0.6) is 0 Å². The van der Waals surface area contributed by atoms with Crippen molar-refractivity contribution < 1.29 is 9.59 Å². The quantitative estimate of drug-likeness (QED) is 0.301. The van der Waals surface area contributed by atoms with Crippen LogP contribution in [0, 0.1) is 0 Å². The number of pyridine rings is 2. The zero-order valence-electron chi connectivity index (χ0n) is 17.3. The van der Waals surface area contributed by atoms with Crippen LogP contribution >= 0.6 is 35.8 Å². The fourth-order valence-corrected chi connectivity index (χ4v) is 5.69. The van der Waals surface area contributed by atoms with Crippen molar-refractivity contribution >= 4 is 47.4 Å². The molecular weight excluding hydrogens is 474 g/mol. The third kappa shape index (κ3) is 3.66. The van der Waals surface area contributed by atoms with Gasteiger partial charge in [-0.2, -0.15) is 11.3 Å². The third-order valence-electron chi connectivity index (χ3n) is 5.93. The van der Waals surface area contributed by atoms with Crippen LogP contribution in [-0.2, 0) is 15.1 Å². The lowest BCUT2D eigenvalue weighted by Crippen LogP contribution is -2.54. The number of thiophene rings is 1. The summed E-state index contributed by atoms with van der Waals surface area (Å²) in [6, 6.07) is 18.2. The summed E-state index contributed by atoms with van der Waals surface area (Å²) in [6.45, 7) is 0. The van der Waals surface area contributed by atoms with E-state index in [9.17, 15) is 9.59 Å². The number of carbonyl (C=O) groups is 2. The lowest BCUT2D eigenvalue weighted by atomic mass is 9.74. The molecule has 1 saturated heterocycles. The maximum Gasteiger partial charge on any atom is 0.248 e. The fraction of sp³-hybridized carbons (Fsp3) is 0.120. The number of hydrogen-bond acceptors (Lipinski definition) is 6. The Balaban J connectivity index is 1.66. The molecule has 33 heavy (non-hydrogen) atoms. The maximum absolute atomic E-state index is 13.7. The highest BCUT2D eigenvalue weighted by molar-refractivity contribution is 7.78. The van der Waals surface area contributed by atoms with Crippen molar-refractivity contribution in [2.45, 2.75) is 17.9 Å². The summed E-state index contributed by atoms with van der Waals surface area (Å²) in [7, 11) is 0. The molecule has 0 saturated carbocycles. The Morgan fingerprint density at radius 2 is 1.82 bits per heavy atom. The first-order valence-corrected chi connectivity index (χ1v) is 11.9. The van der Waals surface area contributed by atoms with Gasteiger partial charge in [-0.15, -0.1) is 0 Å². The highest BCUT2D eigenvalue weighted by Crippen LogP contribution is 2.48. The van der Waals surface area contributed by atoms with E-state index in [1.54, 1.807) is 36.7 Å². The molecule has 4 heterocycles. The summed E-state index contributed by atoms with van der Waals surface area (Å²) in [6.07, 6.45) is 3.43. The van der Waals surface area contributed by atoms with E-state index in [0.717, 1.165) is 16.8 Å². The molecule has 0 spiro atoms. The van der Waals surface area contributed by atoms with Crippen LogP contribution in [0.15, 0.2) is 83.8 Å². The van der Waals surface area contributed by atoms with Gasteiger partial charge in [0.15, 0.2) is 5.78 Å². The third-order valence-corrected chi connectivity index (χ3v) is 7.50. The average Bonchev–Trinajstić information content (AvgIpc) is 3.39. The number of aromatic nitrogens is 2. The Hall–Kier alpha value is -3.00. The van der Waals surface area contributed by atoms with Gasteiger partial charge in [-0.3, -0.25) is 18.9 Å². The van der Waals surface area contributed by atoms with Crippen molar-refractivity contribution in [3.8, 4) is 11.3 Å². The van der Waals surface area contributed by atoms with Gasteiger partial charge in [0, 0.05) is 29.4 Å². The molecule has 2 unspecified atom stereocenters. The van der Waals surface area contributed by atoms with Gasteiger partial charge < -0.3 is 0 Å². The molecule has 0 bridgehead atoms. The number of carbonyl (C=O) groups excluding carboxylic acids is 2. The minimum atomic E-state index is -1.14. The first-order valence-electron chi connectivity index (χ1n) is 10.2. The number of thiol groups is 1. The minimum absolute atomic E-state index is 0.0294. The van der Waals surface area contributed by atoms with E-state index in [0.29, 0.717) is 16.3 Å². The monoisotopic (exact) mass is 491 g/mol. The second-order valence-electron chi connectivity index (χ2n) is 7.76. The van der Waals surface area contributed by atoms with E-state index in [-0.39, 0.29) is 12.2 Å². The molecule has 1 aromatic carbocycles. The number of halogens is 1. The molecule has 1 aliphatic heterocycles. The van der Waals surface area contributed by atoms with Gasteiger partial charge >= 0.3 is 0 Å². The summed E-state index contributed by atoms with van der Waals surface area (Å²) >= 11 is 12.5. The molecule has 0 radical (unpaired) electrons. The van der Waals surface area contributed by atoms with Crippen molar-refractivity contribution in [2.75, 3.05) is 0 Å². The topological polar surface area (TPSA) is 63.2 Å². The van der Waals surface area contributed by atoms with Crippen LogP contribution in [0.3, 0.4) is 0 Å². The lowest BCUT2D eigenvalue weighted by Gasteiger charge is -2.45. The summed E-state index contributed by atoms with van der Waals surface area (Å²) in [5.41, 5.74) is 2.33. The normalized spacial score (nSPS) is 20.8. The molecule has 2 atom stereocenters. The Morgan fingerprint density at radius 1 is 1.03 bits per heavy atom.